The number of benzene rings is 1. The molecule has 0 spiro atoms. The molecule has 0 saturated heterocycles. The minimum absolute atomic E-state index is 0.0940. The fourth-order valence-corrected chi connectivity index (χ4v) is 3.40. The maximum atomic E-state index is 13.7. The Morgan fingerprint density at radius 3 is 2.57 bits per heavy atom. The van der Waals surface area contributed by atoms with E-state index in [9.17, 15) is 8.78 Å². The zero-order valence-corrected chi connectivity index (χ0v) is 14.1. The molecule has 0 N–H and O–H groups in total. The molecule has 0 radical (unpaired) electrons. The second-order valence-electron chi connectivity index (χ2n) is 6.68. The molecule has 0 bridgehead atoms. The van der Waals surface area contributed by atoms with Gasteiger partial charge in [0.15, 0.2) is 0 Å². The average molecular weight is 319 g/mol. The molecule has 1 aliphatic heterocycles. The molecular formula is C18H23F2N3. The molecule has 124 valence electrons. The maximum Gasteiger partial charge on any atom is 0.264 e. The topological polar surface area (TPSA) is 21.1 Å². The molecule has 1 unspecified atom stereocenters. The van der Waals surface area contributed by atoms with Gasteiger partial charge in [0.2, 0.25) is 0 Å². The Bertz CT molecular complexity index is 706. The molecule has 0 aliphatic carbocycles. The SMILES string of the molecule is CC1CCN(C(C)C)c2cc(C(F)F)c(-c3cnn(C)c3)cc21. The van der Waals surface area contributed by atoms with Crippen LogP contribution in [0.5, 0.6) is 0 Å². The molecule has 0 amide bonds. The van der Waals surface area contributed by atoms with Crippen LogP contribution in [-0.4, -0.2) is 22.4 Å². The number of aromatic nitrogens is 2. The first-order valence-electron chi connectivity index (χ1n) is 8.10. The monoisotopic (exact) mass is 319 g/mol. The summed E-state index contributed by atoms with van der Waals surface area (Å²) in [5.74, 6) is 0.377. The number of hydrogen-bond donors (Lipinski definition) is 0. The third-order valence-corrected chi connectivity index (χ3v) is 4.72. The van der Waals surface area contributed by atoms with E-state index in [2.05, 4.69) is 30.8 Å². The predicted octanol–water partition coefficient (Wildman–Crippen LogP) is 4.75. The van der Waals surface area contributed by atoms with E-state index in [0.717, 1.165) is 29.8 Å². The summed E-state index contributed by atoms with van der Waals surface area (Å²) in [7, 11) is 1.80. The van der Waals surface area contributed by atoms with Crippen LogP contribution in [0.3, 0.4) is 0 Å². The van der Waals surface area contributed by atoms with Gasteiger partial charge in [0.1, 0.15) is 0 Å². The van der Waals surface area contributed by atoms with Gasteiger partial charge in [-0.25, -0.2) is 8.78 Å². The van der Waals surface area contributed by atoms with E-state index in [4.69, 9.17) is 0 Å². The van der Waals surface area contributed by atoms with E-state index < -0.39 is 6.43 Å². The molecule has 5 heteroatoms. The zero-order chi connectivity index (χ0) is 16.7. The van der Waals surface area contributed by atoms with E-state index >= 15 is 0 Å². The maximum absolute atomic E-state index is 13.7. The number of aryl methyl sites for hydroxylation is 1. The van der Waals surface area contributed by atoms with Crippen LogP contribution in [0.4, 0.5) is 14.5 Å². The van der Waals surface area contributed by atoms with Crippen molar-refractivity contribution in [1.29, 1.82) is 0 Å². The van der Waals surface area contributed by atoms with Crippen LogP contribution in [-0.2, 0) is 7.05 Å². The number of alkyl halides is 2. The Morgan fingerprint density at radius 1 is 1.26 bits per heavy atom. The summed E-state index contributed by atoms with van der Waals surface area (Å²) in [5, 5.41) is 4.13. The number of rotatable bonds is 3. The fourth-order valence-electron chi connectivity index (χ4n) is 3.40. The van der Waals surface area contributed by atoms with Gasteiger partial charge in [-0.1, -0.05) is 6.92 Å². The van der Waals surface area contributed by atoms with Gasteiger partial charge in [0.25, 0.3) is 6.43 Å². The van der Waals surface area contributed by atoms with Gasteiger partial charge >= 0.3 is 0 Å². The molecule has 1 atom stereocenters. The summed E-state index contributed by atoms with van der Waals surface area (Å²) in [5.41, 5.74) is 3.56. The molecule has 3 nitrogen and oxygen atoms in total. The van der Waals surface area contributed by atoms with Crippen LogP contribution in [0.1, 0.15) is 50.7 Å². The summed E-state index contributed by atoms with van der Waals surface area (Å²) in [6.07, 6.45) is 2.00. The number of halogens is 2. The summed E-state index contributed by atoms with van der Waals surface area (Å²) in [6, 6.07) is 3.95. The lowest BCUT2D eigenvalue weighted by Crippen LogP contribution is -2.36. The Balaban J connectivity index is 2.20. The molecule has 1 aromatic carbocycles. The Hall–Kier alpha value is -1.91. The molecular weight excluding hydrogens is 296 g/mol. The van der Waals surface area contributed by atoms with Crippen molar-refractivity contribution in [2.75, 3.05) is 11.4 Å². The molecule has 23 heavy (non-hydrogen) atoms. The predicted molar refractivity (Wildman–Crippen MR) is 89.1 cm³/mol. The Labute approximate surface area is 135 Å². The second-order valence-corrected chi connectivity index (χ2v) is 6.68. The van der Waals surface area contributed by atoms with Gasteiger partial charge in [-0.05, 0) is 49.4 Å². The van der Waals surface area contributed by atoms with Crippen molar-refractivity contribution in [1.82, 2.24) is 9.78 Å². The highest BCUT2D eigenvalue weighted by molar-refractivity contribution is 5.74. The van der Waals surface area contributed by atoms with Crippen LogP contribution >= 0.6 is 0 Å². The third-order valence-electron chi connectivity index (χ3n) is 4.72. The van der Waals surface area contributed by atoms with E-state index in [0.29, 0.717) is 17.5 Å². The lowest BCUT2D eigenvalue weighted by atomic mass is 9.86. The van der Waals surface area contributed by atoms with Crippen molar-refractivity contribution < 1.29 is 8.78 Å². The van der Waals surface area contributed by atoms with Crippen LogP contribution in [0, 0.1) is 0 Å². The summed E-state index contributed by atoms with van der Waals surface area (Å²) >= 11 is 0. The molecule has 2 aromatic rings. The van der Waals surface area contributed by atoms with Gasteiger partial charge in [0, 0.05) is 42.6 Å². The Morgan fingerprint density at radius 2 is 2.00 bits per heavy atom. The van der Waals surface area contributed by atoms with Crippen LogP contribution in [0.2, 0.25) is 0 Å². The standard InChI is InChI=1S/C18H23F2N3/c1-11(2)23-6-5-12(3)14-7-15(13-9-21-22(4)10-13)16(18(19)20)8-17(14)23/h7-12,18H,5-6H2,1-4H3. The Kier molecular flexibility index (Phi) is 4.13. The van der Waals surface area contributed by atoms with Crippen molar-refractivity contribution in [3.8, 4) is 11.1 Å². The number of anilines is 1. The molecule has 1 aliphatic rings. The van der Waals surface area contributed by atoms with Crippen LogP contribution in [0.15, 0.2) is 24.5 Å². The van der Waals surface area contributed by atoms with Crippen molar-refractivity contribution in [2.45, 2.75) is 45.6 Å². The first kappa shape index (κ1) is 16.0. The smallest absolute Gasteiger partial charge is 0.264 e. The van der Waals surface area contributed by atoms with Gasteiger partial charge in [0.05, 0.1) is 6.20 Å². The number of hydrogen-bond acceptors (Lipinski definition) is 2. The van der Waals surface area contributed by atoms with Crippen molar-refractivity contribution in [3.05, 3.63) is 35.7 Å². The minimum atomic E-state index is -2.50. The summed E-state index contributed by atoms with van der Waals surface area (Å²) in [4.78, 5) is 2.23. The van der Waals surface area contributed by atoms with Crippen LogP contribution in [0.25, 0.3) is 11.1 Å². The van der Waals surface area contributed by atoms with E-state index in [1.165, 1.54) is 0 Å². The number of nitrogens with zero attached hydrogens (tertiary/aromatic N) is 3. The lowest BCUT2D eigenvalue weighted by Gasteiger charge is -2.38. The zero-order valence-electron chi connectivity index (χ0n) is 14.1. The van der Waals surface area contributed by atoms with Gasteiger partial charge in [-0.15, -0.1) is 0 Å². The first-order valence-corrected chi connectivity index (χ1v) is 8.10. The number of fused-ring (bicyclic) bond motifs is 1. The molecule has 3 rings (SSSR count). The van der Waals surface area contributed by atoms with Crippen molar-refractivity contribution in [3.63, 3.8) is 0 Å². The molecule has 0 fully saturated rings. The summed E-state index contributed by atoms with van der Waals surface area (Å²) in [6.45, 7) is 7.31. The average Bonchev–Trinajstić information content (AvgIpc) is 2.92. The van der Waals surface area contributed by atoms with E-state index in [-0.39, 0.29) is 5.56 Å². The molecule has 1 aromatic heterocycles. The van der Waals surface area contributed by atoms with Gasteiger partial charge < -0.3 is 4.90 Å². The summed E-state index contributed by atoms with van der Waals surface area (Å²) < 4.78 is 29.0. The minimum Gasteiger partial charge on any atom is -0.369 e. The highest BCUT2D eigenvalue weighted by Gasteiger charge is 2.28. The highest BCUT2D eigenvalue weighted by Crippen LogP contribution is 2.42. The van der Waals surface area contributed by atoms with Crippen molar-refractivity contribution >= 4 is 5.69 Å². The first-order chi connectivity index (χ1) is 10.9. The third kappa shape index (κ3) is 2.84. The van der Waals surface area contributed by atoms with E-state index in [1.54, 1.807) is 30.2 Å². The van der Waals surface area contributed by atoms with Crippen molar-refractivity contribution in [2.24, 2.45) is 7.05 Å². The van der Waals surface area contributed by atoms with Crippen LogP contribution < -0.4 is 4.90 Å². The largest absolute Gasteiger partial charge is 0.369 e. The fraction of sp³-hybridized carbons (Fsp3) is 0.500. The lowest BCUT2D eigenvalue weighted by molar-refractivity contribution is 0.152. The second kappa shape index (κ2) is 5.95. The highest BCUT2D eigenvalue weighted by atomic mass is 19.3. The molecule has 2 heterocycles. The normalized spacial score (nSPS) is 17.9. The van der Waals surface area contributed by atoms with E-state index in [1.807, 2.05) is 6.07 Å². The quantitative estimate of drug-likeness (QED) is 0.814. The van der Waals surface area contributed by atoms with Gasteiger partial charge in [-0.3, -0.25) is 4.68 Å². The molecule has 0 saturated carbocycles. The van der Waals surface area contributed by atoms with Gasteiger partial charge in [-0.2, -0.15) is 5.10 Å².